The van der Waals surface area contributed by atoms with Crippen LogP contribution in [0.4, 0.5) is 4.39 Å². The topological polar surface area (TPSA) is 114 Å². The van der Waals surface area contributed by atoms with Crippen LogP contribution in [-0.2, 0) is 6.54 Å². The summed E-state index contributed by atoms with van der Waals surface area (Å²) in [6.45, 7) is 9.17. The number of amides is 1. The van der Waals surface area contributed by atoms with E-state index in [0.29, 0.717) is 29.9 Å². The molecule has 1 amide bonds. The first kappa shape index (κ1) is 34.1. The minimum absolute atomic E-state index is 0.0174. The average molecular weight is 702 g/mol. The zero-order valence-corrected chi connectivity index (χ0v) is 29.8. The molecule has 3 fully saturated rings. The van der Waals surface area contributed by atoms with Crippen LogP contribution >= 0.6 is 0 Å². The number of aromatic nitrogens is 4. The third kappa shape index (κ3) is 6.59. The SMILES string of the molecule is Cc1cccc(C(=O)NC2CCC3(CC2)CC3n2c(=O)c3cc(F)cnc3n(-c3cccc(-c4ccc(CN5C[C@@H](C)N[C@@H](C)C5)cc4)c3)c2=O)n1. The molecule has 2 aromatic carbocycles. The first-order valence-electron chi connectivity index (χ1n) is 18.3. The molecule has 2 saturated carbocycles. The Morgan fingerprint density at radius 2 is 1.69 bits per heavy atom. The molecule has 1 unspecified atom stereocenters. The molecule has 0 radical (unpaired) electrons. The molecule has 268 valence electrons. The molecule has 2 N–H and O–H groups in total. The van der Waals surface area contributed by atoms with Crippen LogP contribution in [0, 0.1) is 18.2 Å². The molecule has 3 aliphatic rings. The van der Waals surface area contributed by atoms with Gasteiger partial charge in [0.15, 0.2) is 5.65 Å². The van der Waals surface area contributed by atoms with Crippen molar-refractivity contribution in [3.05, 3.63) is 123 Å². The molecule has 11 heteroatoms. The fourth-order valence-electron chi connectivity index (χ4n) is 8.64. The third-order valence-corrected chi connectivity index (χ3v) is 11.2. The molecule has 1 aliphatic heterocycles. The summed E-state index contributed by atoms with van der Waals surface area (Å²) in [6.07, 6.45) is 4.70. The van der Waals surface area contributed by atoms with Crippen molar-refractivity contribution in [2.75, 3.05) is 13.1 Å². The van der Waals surface area contributed by atoms with Gasteiger partial charge in [0.1, 0.15) is 11.5 Å². The number of benzene rings is 2. The summed E-state index contributed by atoms with van der Waals surface area (Å²) in [5, 5.41) is 6.77. The van der Waals surface area contributed by atoms with Gasteiger partial charge in [-0.25, -0.2) is 23.7 Å². The smallest absolute Gasteiger partial charge is 0.337 e. The van der Waals surface area contributed by atoms with E-state index in [9.17, 15) is 18.8 Å². The predicted molar refractivity (Wildman–Crippen MR) is 199 cm³/mol. The normalized spacial score (nSPS) is 24.6. The Balaban J connectivity index is 1.06. The lowest BCUT2D eigenvalue weighted by Crippen LogP contribution is -2.53. The van der Waals surface area contributed by atoms with Crippen molar-refractivity contribution in [1.29, 1.82) is 0 Å². The van der Waals surface area contributed by atoms with E-state index in [1.807, 2.05) is 43.3 Å². The summed E-state index contributed by atoms with van der Waals surface area (Å²) < 4.78 is 17.4. The maximum absolute atomic E-state index is 14.6. The van der Waals surface area contributed by atoms with Crippen molar-refractivity contribution in [3.8, 4) is 16.8 Å². The highest BCUT2D eigenvalue weighted by molar-refractivity contribution is 5.92. The Labute approximate surface area is 301 Å². The fraction of sp³-hybridized carbons (Fsp3) is 0.390. The molecule has 3 aromatic heterocycles. The quantitative estimate of drug-likeness (QED) is 0.229. The Kier molecular flexibility index (Phi) is 8.87. The number of carbonyl (C=O) groups excluding carboxylic acids is 1. The molecule has 4 heterocycles. The number of halogens is 1. The van der Waals surface area contributed by atoms with Crippen molar-refractivity contribution < 1.29 is 9.18 Å². The van der Waals surface area contributed by atoms with Gasteiger partial charge >= 0.3 is 5.69 Å². The van der Waals surface area contributed by atoms with E-state index in [-0.39, 0.29) is 34.4 Å². The van der Waals surface area contributed by atoms with Crippen LogP contribution in [-0.4, -0.2) is 61.1 Å². The van der Waals surface area contributed by atoms with Crippen LogP contribution in [0.25, 0.3) is 27.8 Å². The molecular formula is C41H44FN7O3. The maximum Gasteiger partial charge on any atom is 0.337 e. The lowest BCUT2D eigenvalue weighted by Gasteiger charge is -2.36. The van der Waals surface area contributed by atoms with E-state index >= 15 is 0 Å². The molecule has 1 spiro atoms. The monoisotopic (exact) mass is 701 g/mol. The maximum atomic E-state index is 14.6. The number of nitrogens with zero attached hydrogens (tertiary/aromatic N) is 5. The minimum Gasteiger partial charge on any atom is -0.348 e. The Morgan fingerprint density at radius 1 is 0.962 bits per heavy atom. The van der Waals surface area contributed by atoms with Gasteiger partial charge in [0.2, 0.25) is 0 Å². The summed E-state index contributed by atoms with van der Waals surface area (Å²) in [5.41, 5.74) is 3.77. The van der Waals surface area contributed by atoms with Gasteiger partial charge in [0.25, 0.3) is 11.5 Å². The minimum atomic E-state index is -0.634. The third-order valence-electron chi connectivity index (χ3n) is 11.2. The standard InChI is InChI=1S/C41H44FN7O3/c1-25-6-4-9-35(45-25)38(50)46-32-14-16-41(17-15-32)20-36(41)49-39(51)34-19-31(42)21-43-37(34)48(40(49)52)33-8-5-7-30(18-33)29-12-10-28(11-13-29)24-47-22-26(2)44-27(3)23-47/h4-13,18-19,21,26-27,32,36,44H,14-17,20,22-24H2,1-3H3,(H,46,50)/t26-,27+,32?,36?,41?. The Bertz CT molecular complexity index is 2270. The molecule has 0 bridgehead atoms. The van der Waals surface area contributed by atoms with Gasteiger partial charge in [-0.2, -0.15) is 0 Å². The zero-order chi connectivity index (χ0) is 36.1. The highest BCUT2D eigenvalue weighted by Gasteiger charge is 2.57. The van der Waals surface area contributed by atoms with Crippen molar-refractivity contribution in [2.24, 2.45) is 5.41 Å². The van der Waals surface area contributed by atoms with Gasteiger partial charge in [-0.05, 0) is 105 Å². The number of aryl methyl sites for hydroxylation is 1. The van der Waals surface area contributed by atoms with Crippen LogP contribution in [0.2, 0.25) is 0 Å². The fourth-order valence-corrected chi connectivity index (χ4v) is 8.64. The number of pyridine rings is 2. The number of rotatable bonds is 7. The summed E-state index contributed by atoms with van der Waals surface area (Å²) in [4.78, 5) is 52.3. The summed E-state index contributed by atoms with van der Waals surface area (Å²) in [6, 6.07) is 23.3. The van der Waals surface area contributed by atoms with Gasteiger partial charge in [0, 0.05) is 49.5 Å². The lowest BCUT2D eigenvalue weighted by molar-refractivity contribution is 0.0912. The van der Waals surface area contributed by atoms with Crippen LogP contribution in [0.1, 0.15) is 73.7 Å². The molecule has 52 heavy (non-hydrogen) atoms. The van der Waals surface area contributed by atoms with Crippen molar-refractivity contribution >= 4 is 16.9 Å². The number of carbonyl (C=O) groups is 1. The number of hydrogen-bond donors (Lipinski definition) is 2. The van der Waals surface area contributed by atoms with E-state index in [4.69, 9.17) is 0 Å². The molecule has 3 atom stereocenters. The highest BCUT2D eigenvalue weighted by atomic mass is 19.1. The largest absolute Gasteiger partial charge is 0.348 e. The van der Waals surface area contributed by atoms with E-state index in [0.717, 1.165) is 68.3 Å². The molecular weight excluding hydrogens is 657 g/mol. The van der Waals surface area contributed by atoms with Crippen molar-refractivity contribution in [1.82, 2.24) is 34.6 Å². The first-order valence-corrected chi connectivity index (χ1v) is 18.3. The summed E-state index contributed by atoms with van der Waals surface area (Å²) >= 11 is 0. The molecule has 10 nitrogen and oxygen atoms in total. The van der Waals surface area contributed by atoms with Crippen LogP contribution in [0.15, 0.2) is 88.6 Å². The second kappa shape index (κ2) is 13.5. The van der Waals surface area contributed by atoms with E-state index in [1.165, 1.54) is 20.8 Å². The van der Waals surface area contributed by atoms with Gasteiger partial charge in [-0.3, -0.25) is 19.1 Å². The van der Waals surface area contributed by atoms with Gasteiger partial charge < -0.3 is 10.6 Å². The summed E-state index contributed by atoms with van der Waals surface area (Å²) in [5.74, 6) is -0.831. The molecule has 8 rings (SSSR count). The first-order chi connectivity index (χ1) is 25.1. The van der Waals surface area contributed by atoms with E-state index in [2.05, 4.69) is 63.6 Å². The second-order valence-electron chi connectivity index (χ2n) is 15.2. The van der Waals surface area contributed by atoms with Crippen LogP contribution < -0.4 is 21.9 Å². The Morgan fingerprint density at radius 3 is 2.42 bits per heavy atom. The zero-order valence-electron chi connectivity index (χ0n) is 29.8. The predicted octanol–water partition coefficient (Wildman–Crippen LogP) is 5.54. The van der Waals surface area contributed by atoms with Gasteiger partial charge in [0.05, 0.1) is 17.3 Å². The second-order valence-corrected chi connectivity index (χ2v) is 15.2. The number of fused-ring (bicyclic) bond motifs is 1. The van der Waals surface area contributed by atoms with Crippen LogP contribution in [0.3, 0.4) is 0 Å². The summed E-state index contributed by atoms with van der Waals surface area (Å²) in [7, 11) is 0. The molecule has 5 aromatic rings. The van der Waals surface area contributed by atoms with Gasteiger partial charge in [-0.15, -0.1) is 0 Å². The van der Waals surface area contributed by atoms with E-state index in [1.54, 1.807) is 6.07 Å². The van der Waals surface area contributed by atoms with Crippen molar-refractivity contribution in [2.45, 2.75) is 83.6 Å². The van der Waals surface area contributed by atoms with Crippen molar-refractivity contribution in [3.63, 3.8) is 0 Å². The Hall–Kier alpha value is -5.00. The van der Waals surface area contributed by atoms with E-state index < -0.39 is 17.1 Å². The highest BCUT2D eigenvalue weighted by Crippen LogP contribution is 2.63. The average Bonchev–Trinajstić information content (AvgIpc) is 3.81. The number of nitrogens with one attached hydrogen (secondary N) is 2. The lowest BCUT2D eigenvalue weighted by atomic mass is 9.82. The van der Waals surface area contributed by atoms with Crippen LogP contribution in [0.5, 0.6) is 0 Å². The molecule has 2 aliphatic carbocycles. The number of piperazine rings is 1. The number of hydrogen-bond acceptors (Lipinski definition) is 7. The van der Waals surface area contributed by atoms with Gasteiger partial charge in [-0.1, -0.05) is 42.5 Å². The molecule has 1 saturated heterocycles.